The van der Waals surface area contributed by atoms with Crippen molar-refractivity contribution in [3.63, 3.8) is 0 Å². The molecular formula is C24H28N6O. The summed E-state index contributed by atoms with van der Waals surface area (Å²) in [6.45, 7) is 5.92. The van der Waals surface area contributed by atoms with Crippen LogP contribution in [0.25, 0.3) is 21.8 Å². The summed E-state index contributed by atoms with van der Waals surface area (Å²) in [7, 11) is 0. The molecule has 1 amide bonds. The highest BCUT2D eigenvalue weighted by Gasteiger charge is 2.23. The number of anilines is 2. The number of hydrogen-bond acceptors (Lipinski definition) is 4. The summed E-state index contributed by atoms with van der Waals surface area (Å²) < 4.78 is 0. The fourth-order valence-electron chi connectivity index (χ4n) is 4.39. The van der Waals surface area contributed by atoms with Crippen LogP contribution in [0.2, 0.25) is 0 Å². The number of amides is 1. The molecular weight excluding hydrogens is 388 g/mol. The molecule has 7 nitrogen and oxygen atoms in total. The van der Waals surface area contributed by atoms with E-state index in [1.165, 1.54) is 5.69 Å². The van der Waals surface area contributed by atoms with Gasteiger partial charge in [-0.3, -0.25) is 9.89 Å². The maximum Gasteiger partial charge on any atom is 0.226 e. The fourth-order valence-corrected chi connectivity index (χ4v) is 4.39. The van der Waals surface area contributed by atoms with Crippen molar-refractivity contribution < 1.29 is 4.79 Å². The predicted octanol–water partition coefficient (Wildman–Crippen LogP) is 3.80. The van der Waals surface area contributed by atoms with E-state index in [0.717, 1.165) is 52.7 Å². The Morgan fingerprint density at radius 3 is 2.94 bits per heavy atom. The van der Waals surface area contributed by atoms with Gasteiger partial charge >= 0.3 is 0 Å². The Balaban J connectivity index is 1.25. The first-order valence-electron chi connectivity index (χ1n) is 10.9. The standard InChI is InChI=1S/C24H28N6O/c1-15(2)26-24(31)11-20-9-16-3-5-21(12-23(16)28-20)30-8-7-19(14-30)27-18-4-6-22-17(10-18)13-25-29-22/h3-6,9-10,12-13,15,19,27-28H,7-8,11,14H2,1-2H3,(H,25,29)(H,26,31). The van der Waals surface area contributed by atoms with Crippen molar-refractivity contribution in [2.45, 2.75) is 38.8 Å². The van der Waals surface area contributed by atoms with Crippen LogP contribution in [0.5, 0.6) is 0 Å². The number of H-pyrrole nitrogens is 2. The second kappa shape index (κ2) is 7.98. The summed E-state index contributed by atoms with van der Waals surface area (Å²) in [5.41, 5.74) is 5.42. The quantitative estimate of drug-likeness (QED) is 0.385. The van der Waals surface area contributed by atoms with Gasteiger partial charge in [-0.05, 0) is 62.1 Å². The number of aromatic amines is 2. The third-order valence-electron chi connectivity index (χ3n) is 5.83. The molecule has 5 rings (SSSR count). The van der Waals surface area contributed by atoms with Crippen LogP contribution in [-0.4, -0.2) is 46.3 Å². The summed E-state index contributed by atoms with van der Waals surface area (Å²) in [4.78, 5) is 17.9. The molecule has 0 aliphatic carbocycles. The van der Waals surface area contributed by atoms with Gasteiger partial charge in [0.2, 0.25) is 5.91 Å². The van der Waals surface area contributed by atoms with Gasteiger partial charge in [-0.1, -0.05) is 6.07 Å². The minimum absolute atomic E-state index is 0.0452. The van der Waals surface area contributed by atoms with Gasteiger partial charge in [0, 0.05) is 53.1 Å². The topological polar surface area (TPSA) is 88.8 Å². The molecule has 1 fully saturated rings. The lowest BCUT2D eigenvalue weighted by Crippen LogP contribution is -2.31. The van der Waals surface area contributed by atoms with Gasteiger partial charge < -0.3 is 20.5 Å². The molecule has 3 heterocycles. The molecule has 1 aliphatic heterocycles. The van der Waals surface area contributed by atoms with E-state index < -0.39 is 0 Å². The summed E-state index contributed by atoms with van der Waals surface area (Å²) in [5.74, 6) is 0.0452. The van der Waals surface area contributed by atoms with Crippen LogP contribution in [0.15, 0.2) is 48.7 Å². The fraction of sp³-hybridized carbons (Fsp3) is 0.333. The van der Waals surface area contributed by atoms with Crippen molar-refractivity contribution in [1.29, 1.82) is 0 Å². The van der Waals surface area contributed by atoms with Crippen molar-refractivity contribution in [3.8, 4) is 0 Å². The van der Waals surface area contributed by atoms with E-state index in [2.05, 4.69) is 73.2 Å². The number of hydrogen-bond donors (Lipinski definition) is 4. The van der Waals surface area contributed by atoms with Crippen LogP contribution in [0.1, 0.15) is 26.0 Å². The number of nitrogens with zero attached hydrogens (tertiary/aromatic N) is 2. The molecule has 0 radical (unpaired) electrons. The SMILES string of the molecule is CC(C)NC(=O)Cc1cc2ccc(N3CCC(Nc4ccc5[nH]ncc5c4)C3)cc2[nH]1. The summed E-state index contributed by atoms with van der Waals surface area (Å²) in [6, 6.07) is 15.4. The molecule has 0 saturated carbocycles. The predicted molar refractivity (Wildman–Crippen MR) is 126 cm³/mol. The molecule has 0 bridgehead atoms. The van der Waals surface area contributed by atoms with E-state index in [0.29, 0.717) is 12.5 Å². The van der Waals surface area contributed by atoms with Crippen molar-refractivity contribution in [1.82, 2.24) is 20.5 Å². The Bertz CT molecular complexity index is 1220. The molecule has 0 spiro atoms. The van der Waals surface area contributed by atoms with Crippen LogP contribution >= 0.6 is 0 Å². The molecule has 2 aromatic heterocycles. The maximum absolute atomic E-state index is 12.1. The minimum atomic E-state index is 0.0452. The first-order valence-corrected chi connectivity index (χ1v) is 10.9. The van der Waals surface area contributed by atoms with Gasteiger partial charge in [-0.15, -0.1) is 0 Å². The lowest BCUT2D eigenvalue weighted by atomic mass is 10.2. The maximum atomic E-state index is 12.1. The number of aromatic nitrogens is 3. The Morgan fingerprint density at radius 2 is 2.06 bits per heavy atom. The number of nitrogens with one attached hydrogen (secondary N) is 4. The lowest BCUT2D eigenvalue weighted by Gasteiger charge is -2.19. The highest BCUT2D eigenvalue weighted by atomic mass is 16.1. The number of fused-ring (bicyclic) bond motifs is 2. The van der Waals surface area contributed by atoms with Gasteiger partial charge in [0.1, 0.15) is 0 Å². The van der Waals surface area contributed by atoms with E-state index in [9.17, 15) is 4.79 Å². The Morgan fingerprint density at radius 1 is 1.16 bits per heavy atom. The zero-order chi connectivity index (χ0) is 21.4. The van der Waals surface area contributed by atoms with E-state index in [1.807, 2.05) is 20.0 Å². The monoisotopic (exact) mass is 416 g/mol. The highest BCUT2D eigenvalue weighted by Crippen LogP contribution is 2.27. The summed E-state index contributed by atoms with van der Waals surface area (Å²) in [6.07, 6.45) is 3.32. The minimum Gasteiger partial charge on any atom is -0.380 e. The zero-order valence-electron chi connectivity index (χ0n) is 17.9. The van der Waals surface area contributed by atoms with Crippen LogP contribution in [-0.2, 0) is 11.2 Å². The Labute approximate surface area is 181 Å². The van der Waals surface area contributed by atoms with Gasteiger partial charge in [0.05, 0.1) is 18.1 Å². The smallest absolute Gasteiger partial charge is 0.226 e. The van der Waals surface area contributed by atoms with Gasteiger partial charge in [-0.25, -0.2) is 0 Å². The number of carbonyl (C=O) groups is 1. The molecule has 160 valence electrons. The molecule has 4 aromatic rings. The van der Waals surface area contributed by atoms with Gasteiger partial charge in [0.25, 0.3) is 0 Å². The van der Waals surface area contributed by atoms with Crippen molar-refractivity contribution >= 4 is 39.1 Å². The molecule has 1 saturated heterocycles. The van der Waals surface area contributed by atoms with Gasteiger partial charge in [-0.2, -0.15) is 5.10 Å². The average Bonchev–Trinajstić information content (AvgIpc) is 3.45. The molecule has 1 aliphatic rings. The van der Waals surface area contributed by atoms with Crippen LogP contribution < -0.4 is 15.5 Å². The first kappa shape index (κ1) is 19.5. The second-order valence-corrected chi connectivity index (χ2v) is 8.71. The third kappa shape index (κ3) is 4.21. The molecule has 1 unspecified atom stereocenters. The lowest BCUT2D eigenvalue weighted by molar-refractivity contribution is -0.120. The Hall–Kier alpha value is -3.48. The Kier molecular flexibility index (Phi) is 5.02. The molecule has 31 heavy (non-hydrogen) atoms. The second-order valence-electron chi connectivity index (χ2n) is 8.71. The van der Waals surface area contributed by atoms with Crippen LogP contribution in [0, 0.1) is 0 Å². The van der Waals surface area contributed by atoms with E-state index in [1.54, 1.807) is 0 Å². The summed E-state index contributed by atoms with van der Waals surface area (Å²) in [5, 5.41) is 16.0. The van der Waals surface area contributed by atoms with Crippen molar-refractivity contribution in [2.75, 3.05) is 23.3 Å². The van der Waals surface area contributed by atoms with Crippen molar-refractivity contribution in [2.24, 2.45) is 0 Å². The zero-order valence-corrected chi connectivity index (χ0v) is 17.9. The van der Waals surface area contributed by atoms with Gasteiger partial charge in [0.15, 0.2) is 0 Å². The van der Waals surface area contributed by atoms with Crippen molar-refractivity contribution in [3.05, 3.63) is 54.4 Å². The number of carbonyl (C=O) groups excluding carboxylic acids is 1. The molecule has 2 aromatic carbocycles. The highest BCUT2D eigenvalue weighted by molar-refractivity contribution is 5.86. The van der Waals surface area contributed by atoms with E-state index in [4.69, 9.17) is 0 Å². The average molecular weight is 417 g/mol. The molecule has 1 atom stereocenters. The summed E-state index contributed by atoms with van der Waals surface area (Å²) >= 11 is 0. The number of benzene rings is 2. The molecule has 7 heteroatoms. The first-order chi connectivity index (χ1) is 15.0. The molecule has 4 N–H and O–H groups in total. The van der Waals surface area contributed by atoms with E-state index >= 15 is 0 Å². The van der Waals surface area contributed by atoms with Crippen LogP contribution in [0.3, 0.4) is 0 Å². The normalized spacial score (nSPS) is 16.5. The number of rotatable bonds is 6. The van der Waals surface area contributed by atoms with E-state index in [-0.39, 0.29) is 11.9 Å². The van der Waals surface area contributed by atoms with Crippen LogP contribution in [0.4, 0.5) is 11.4 Å². The largest absolute Gasteiger partial charge is 0.380 e. The third-order valence-corrected chi connectivity index (χ3v) is 5.83.